The summed E-state index contributed by atoms with van der Waals surface area (Å²) in [5, 5.41) is 10.3. The summed E-state index contributed by atoms with van der Waals surface area (Å²) in [6.07, 6.45) is 7.10. The quantitative estimate of drug-likeness (QED) is 0.305. The number of carbonyl (C=O) groups excluding carboxylic acids is 1. The molecule has 0 aromatic heterocycles. The zero-order chi connectivity index (χ0) is 19.9. The van der Waals surface area contributed by atoms with Gasteiger partial charge < -0.3 is 4.74 Å². The summed E-state index contributed by atoms with van der Waals surface area (Å²) in [7, 11) is 1.39. The van der Waals surface area contributed by atoms with Gasteiger partial charge in [0.1, 0.15) is 0 Å². The van der Waals surface area contributed by atoms with Crippen molar-refractivity contribution >= 4 is 29.4 Å². The van der Waals surface area contributed by atoms with Crippen molar-refractivity contribution in [3.8, 4) is 0 Å². The molecule has 156 valence electrons. The third-order valence-corrected chi connectivity index (χ3v) is 8.35. The van der Waals surface area contributed by atoms with E-state index in [4.69, 9.17) is 9.94 Å². The van der Waals surface area contributed by atoms with Gasteiger partial charge in [0.15, 0.2) is 0 Å². The van der Waals surface area contributed by atoms with Gasteiger partial charge in [0.05, 0.1) is 12.2 Å². The van der Waals surface area contributed by atoms with Gasteiger partial charge in [0, 0.05) is 23.6 Å². The summed E-state index contributed by atoms with van der Waals surface area (Å²) in [5.41, 5.74) is 0. The Bertz CT molecular complexity index is 613. The number of hydrogen-bond donors (Lipinski definition) is 1. The molecule has 1 amide bonds. The van der Waals surface area contributed by atoms with Gasteiger partial charge in [-0.15, -0.1) is 11.8 Å². The smallest absolute Gasteiger partial charge is 0.245 e. The normalized spacial score (nSPS) is 27.1. The molecule has 2 saturated heterocycles. The molecular weight excluding hydrogens is 390 g/mol. The molecule has 0 spiro atoms. The van der Waals surface area contributed by atoms with Crippen molar-refractivity contribution in [2.24, 2.45) is 11.8 Å². The Labute approximate surface area is 177 Å². The molecule has 2 fully saturated rings. The molecule has 2 aliphatic rings. The van der Waals surface area contributed by atoms with Crippen LogP contribution in [0.3, 0.4) is 0 Å². The molecule has 0 aliphatic carbocycles. The Balaban J connectivity index is 1.38. The molecule has 2 heterocycles. The van der Waals surface area contributed by atoms with Gasteiger partial charge in [-0.1, -0.05) is 25.1 Å². The predicted octanol–water partition coefficient (Wildman–Crippen LogP) is 5.10. The first-order valence-electron chi connectivity index (χ1n) is 10.4. The van der Waals surface area contributed by atoms with Gasteiger partial charge in [-0.3, -0.25) is 10.0 Å². The molecule has 0 saturated carbocycles. The number of hydroxylamine groups is 2. The van der Waals surface area contributed by atoms with E-state index in [1.807, 2.05) is 23.5 Å². The molecule has 0 radical (unpaired) electrons. The Morgan fingerprint density at radius 2 is 1.82 bits per heavy atom. The van der Waals surface area contributed by atoms with E-state index in [1.54, 1.807) is 0 Å². The second kappa shape index (κ2) is 10.9. The van der Waals surface area contributed by atoms with Crippen molar-refractivity contribution in [2.45, 2.75) is 67.8 Å². The van der Waals surface area contributed by atoms with Crippen LogP contribution in [0.2, 0.25) is 0 Å². The first kappa shape index (κ1) is 22.0. The molecule has 3 rings (SSSR count). The van der Waals surface area contributed by atoms with Gasteiger partial charge in [-0.05, 0) is 67.6 Å². The van der Waals surface area contributed by atoms with Crippen LogP contribution in [0.5, 0.6) is 0 Å². The molecule has 28 heavy (non-hydrogen) atoms. The van der Waals surface area contributed by atoms with Crippen LogP contribution in [0.4, 0.5) is 0 Å². The molecule has 1 aromatic carbocycles. The van der Waals surface area contributed by atoms with E-state index in [2.05, 4.69) is 37.3 Å². The number of rotatable bonds is 11. The molecule has 1 aromatic rings. The fourth-order valence-electron chi connectivity index (χ4n) is 4.48. The highest BCUT2D eigenvalue weighted by atomic mass is 32.2. The molecule has 2 bridgehead atoms. The lowest BCUT2D eigenvalue weighted by Crippen LogP contribution is -2.28. The SMILES string of the molecule is CC(CCC(=O)N(C)O)SCCC1C2CCC(O2)C1CCSc1ccccc1. The zero-order valence-electron chi connectivity index (χ0n) is 17.0. The molecule has 1 N–H and O–H groups in total. The number of thioether (sulfide) groups is 2. The number of carbonyl (C=O) groups is 1. The van der Waals surface area contributed by atoms with Crippen molar-refractivity contribution in [1.29, 1.82) is 0 Å². The minimum Gasteiger partial charge on any atom is -0.374 e. The summed E-state index contributed by atoms with van der Waals surface area (Å²) in [4.78, 5) is 12.9. The zero-order valence-corrected chi connectivity index (χ0v) is 18.6. The highest BCUT2D eigenvalue weighted by Crippen LogP contribution is 2.47. The summed E-state index contributed by atoms with van der Waals surface area (Å²) in [5.74, 6) is 3.49. The number of ether oxygens (including phenoxy) is 1. The van der Waals surface area contributed by atoms with Crippen LogP contribution in [0.25, 0.3) is 0 Å². The first-order valence-corrected chi connectivity index (χ1v) is 12.5. The van der Waals surface area contributed by atoms with Crippen LogP contribution in [-0.4, -0.2) is 52.2 Å². The second-order valence-corrected chi connectivity index (χ2v) is 10.7. The van der Waals surface area contributed by atoms with Gasteiger partial charge in [0.2, 0.25) is 5.91 Å². The van der Waals surface area contributed by atoms with Gasteiger partial charge in [-0.2, -0.15) is 11.8 Å². The molecule has 5 atom stereocenters. The monoisotopic (exact) mass is 423 g/mol. The maximum absolute atomic E-state index is 11.5. The minimum absolute atomic E-state index is 0.204. The lowest BCUT2D eigenvalue weighted by molar-refractivity contribution is -0.159. The molecule has 6 heteroatoms. The fourth-order valence-corrected chi connectivity index (χ4v) is 6.55. The van der Waals surface area contributed by atoms with Crippen molar-refractivity contribution in [3.05, 3.63) is 30.3 Å². The van der Waals surface area contributed by atoms with Crippen molar-refractivity contribution in [1.82, 2.24) is 5.06 Å². The molecule has 2 aliphatic heterocycles. The van der Waals surface area contributed by atoms with E-state index < -0.39 is 0 Å². The Morgan fingerprint density at radius 1 is 1.18 bits per heavy atom. The minimum atomic E-state index is -0.204. The molecule has 5 unspecified atom stereocenters. The number of hydrogen-bond acceptors (Lipinski definition) is 5. The topological polar surface area (TPSA) is 49.8 Å². The van der Waals surface area contributed by atoms with Crippen molar-refractivity contribution < 1.29 is 14.7 Å². The highest BCUT2D eigenvalue weighted by Gasteiger charge is 2.47. The van der Waals surface area contributed by atoms with Crippen LogP contribution in [0, 0.1) is 11.8 Å². The van der Waals surface area contributed by atoms with Crippen LogP contribution in [0.1, 0.15) is 45.4 Å². The third kappa shape index (κ3) is 6.15. The number of fused-ring (bicyclic) bond motifs is 2. The van der Waals surface area contributed by atoms with Crippen molar-refractivity contribution in [2.75, 3.05) is 18.6 Å². The van der Waals surface area contributed by atoms with E-state index in [0.29, 0.717) is 40.8 Å². The van der Waals surface area contributed by atoms with E-state index in [1.165, 1.54) is 37.6 Å². The summed E-state index contributed by atoms with van der Waals surface area (Å²) < 4.78 is 6.27. The van der Waals surface area contributed by atoms with E-state index in [9.17, 15) is 4.79 Å². The summed E-state index contributed by atoms with van der Waals surface area (Å²) >= 11 is 3.91. The Morgan fingerprint density at radius 3 is 2.46 bits per heavy atom. The lowest BCUT2D eigenvalue weighted by atomic mass is 9.76. The second-order valence-electron chi connectivity index (χ2n) is 7.99. The van der Waals surface area contributed by atoms with Crippen molar-refractivity contribution in [3.63, 3.8) is 0 Å². The predicted molar refractivity (Wildman–Crippen MR) is 117 cm³/mol. The van der Waals surface area contributed by atoms with Gasteiger partial charge in [-0.25, -0.2) is 5.06 Å². The van der Waals surface area contributed by atoms with Crippen LogP contribution >= 0.6 is 23.5 Å². The van der Waals surface area contributed by atoms with Crippen LogP contribution < -0.4 is 0 Å². The number of benzene rings is 1. The Kier molecular flexibility index (Phi) is 8.57. The maximum atomic E-state index is 11.5. The highest BCUT2D eigenvalue weighted by molar-refractivity contribution is 7.99. The fraction of sp³-hybridized carbons (Fsp3) is 0.682. The maximum Gasteiger partial charge on any atom is 0.245 e. The standard InChI is InChI=1S/C22H33NO3S2/c1-16(8-11-22(24)23(2)25)27-14-12-18-19(21-10-9-20(18)26-21)13-15-28-17-6-4-3-5-7-17/h3-7,16,18-21,25H,8-15H2,1-2H3. The van der Waals surface area contributed by atoms with E-state index in [-0.39, 0.29) is 5.91 Å². The summed E-state index contributed by atoms with van der Waals surface area (Å²) in [6.45, 7) is 2.18. The summed E-state index contributed by atoms with van der Waals surface area (Å²) in [6, 6.07) is 10.7. The Hall–Kier alpha value is -0.690. The average Bonchev–Trinajstić information content (AvgIpc) is 3.29. The van der Waals surface area contributed by atoms with Crippen LogP contribution in [-0.2, 0) is 9.53 Å². The first-order chi connectivity index (χ1) is 13.5. The largest absolute Gasteiger partial charge is 0.374 e. The van der Waals surface area contributed by atoms with Crippen LogP contribution in [0.15, 0.2) is 35.2 Å². The van der Waals surface area contributed by atoms with E-state index in [0.717, 1.165) is 17.9 Å². The lowest BCUT2D eigenvalue weighted by Gasteiger charge is -2.28. The van der Waals surface area contributed by atoms with Gasteiger partial charge >= 0.3 is 0 Å². The van der Waals surface area contributed by atoms with E-state index >= 15 is 0 Å². The molecular formula is C22H33NO3S2. The third-order valence-electron chi connectivity index (χ3n) is 6.03. The average molecular weight is 424 g/mol. The number of amides is 1. The molecule has 4 nitrogen and oxygen atoms in total. The number of nitrogens with zero attached hydrogens (tertiary/aromatic N) is 1. The van der Waals surface area contributed by atoms with Gasteiger partial charge in [0.25, 0.3) is 0 Å².